The van der Waals surface area contributed by atoms with Gasteiger partial charge >= 0.3 is 0 Å². The van der Waals surface area contributed by atoms with E-state index in [0.717, 1.165) is 24.9 Å². The van der Waals surface area contributed by atoms with Crippen molar-refractivity contribution in [3.63, 3.8) is 0 Å². The second-order valence-electron chi connectivity index (χ2n) is 5.36. The van der Waals surface area contributed by atoms with Gasteiger partial charge in [-0.15, -0.1) is 0 Å². The molecule has 6 heteroatoms. The highest BCUT2D eigenvalue weighted by atomic mass is 32.2. The smallest absolute Gasteiger partial charge is 0.246 e. The van der Waals surface area contributed by atoms with Crippen molar-refractivity contribution < 1.29 is 12.8 Å². The van der Waals surface area contributed by atoms with E-state index in [-0.39, 0.29) is 10.8 Å². The van der Waals surface area contributed by atoms with Crippen molar-refractivity contribution in [2.45, 2.75) is 24.7 Å². The van der Waals surface area contributed by atoms with Gasteiger partial charge in [0.2, 0.25) is 10.0 Å². The molecule has 1 atom stereocenters. The number of rotatable bonds is 4. The van der Waals surface area contributed by atoms with Crippen LogP contribution in [-0.2, 0) is 10.0 Å². The highest BCUT2D eigenvalue weighted by Gasteiger charge is 2.31. The van der Waals surface area contributed by atoms with Gasteiger partial charge in [-0.05, 0) is 57.0 Å². The second-order valence-corrected chi connectivity index (χ2v) is 7.27. The zero-order valence-electron chi connectivity index (χ0n) is 11.9. The molecule has 1 aromatic carbocycles. The van der Waals surface area contributed by atoms with Gasteiger partial charge in [0.1, 0.15) is 10.7 Å². The first-order valence-electron chi connectivity index (χ1n) is 6.86. The van der Waals surface area contributed by atoms with Gasteiger partial charge in [-0.1, -0.05) is 6.07 Å². The Balaban J connectivity index is 2.27. The van der Waals surface area contributed by atoms with E-state index in [1.54, 1.807) is 13.0 Å². The van der Waals surface area contributed by atoms with Crippen molar-refractivity contribution in [1.82, 2.24) is 9.62 Å². The minimum atomic E-state index is -3.74. The molecule has 2 rings (SSSR count). The molecule has 0 aromatic heterocycles. The van der Waals surface area contributed by atoms with Crippen LogP contribution in [0, 0.1) is 18.7 Å². The molecule has 1 fully saturated rings. The predicted octanol–water partition coefficient (Wildman–Crippen LogP) is 1.75. The molecule has 1 aliphatic rings. The summed E-state index contributed by atoms with van der Waals surface area (Å²) in [5, 5.41) is 3.07. The molecule has 1 aliphatic heterocycles. The van der Waals surface area contributed by atoms with Gasteiger partial charge in [-0.25, -0.2) is 12.8 Å². The maximum atomic E-state index is 13.8. The Hall–Kier alpha value is -0.980. The number of piperidine rings is 1. The van der Waals surface area contributed by atoms with Gasteiger partial charge in [-0.3, -0.25) is 0 Å². The number of halogens is 1. The van der Waals surface area contributed by atoms with E-state index in [1.165, 1.54) is 16.4 Å². The third-order valence-electron chi connectivity index (χ3n) is 3.68. The highest BCUT2D eigenvalue weighted by Crippen LogP contribution is 2.25. The Labute approximate surface area is 120 Å². The lowest BCUT2D eigenvalue weighted by Gasteiger charge is -2.32. The first-order chi connectivity index (χ1) is 9.45. The summed E-state index contributed by atoms with van der Waals surface area (Å²) in [4.78, 5) is -0.206. The largest absolute Gasteiger partial charge is 0.319 e. The molecule has 112 valence electrons. The Kier molecular flexibility index (Phi) is 4.78. The van der Waals surface area contributed by atoms with Crippen molar-refractivity contribution in [1.29, 1.82) is 0 Å². The molecule has 0 radical (unpaired) electrons. The molecule has 20 heavy (non-hydrogen) atoms. The lowest BCUT2D eigenvalue weighted by Crippen LogP contribution is -2.42. The van der Waals surface area contributed by atoms with E-state index >= 15 is 0 Å². The van der Waals surface area contributed by atoms with E-state index < -0.39 is 15.8 Å². The summed E-state index contributed by atoms with van der Waals surface area (Å²) in [6.07, 6.45) is 1.82. The summed E-state index contributed by atoms with van der Waals surface area (Å²) >= 11 is 0. The number of benzene rings is 1. The van der Waals surface area contributed by atoms with Gasteiger partial charge in [0, 0.05) is 13.1 Å². The summed E-state index contributed by atoms with van der Waals surface area (Å²) in [5.41, 5.74) is 0.744. The molecule has 1 heterocycles. The van der Waals surface area contributed by atoms with Crippen LogP contribution < -0.4 is 5.32 Å². The van der Waals surface area contributed by atoms with Crippen molar-refractivity contribution >= 4 is 10.0 Å². The SMILES string of the molecule is CNC[C@@H]1CCCN(S(=O)(=O)c2cc(C)ccc2F)C1. The molecule has 0 saturated carbocycles. The van der Waals surface area contributed by atoms with Gasteiger partial charge < -0.3 is 5.32 Å². The molecule has 1 saturated heterocycles. The average molecular weight is 300 g/mol. The monoisotopic (exact) mass is 300 g/mol. The van der Waals surface area contributed by atoms with Crippen LogP contribution >= 0.6 is 0 Å². The molecule has 1 N–H and O–H groups in total. The number of sulfonamides is 1. The molecule has 1 aromatic rings. The fraction of sp³-hybridized carbons (Fsp3) is 0.571. The lowest BCUT2D eigenvalue weighted by molar-refractivity contribution is 0.263. The average Bonchev–Trinajstić information content (AvgIpc) is 2.42. The molecular formula is C14H21FN2O2S. The third kappa shape index (κ3) is 3.19. The predicted molar refractivity (Wildman–Crippen MR) is 76.5 cm³/mol. The normalized spacial score (nSPS) is 21.1. The molecule has 0 bridgehead atoms. The van der Waals surface area contributed by atoms with Crippen LogP contribution in [0.1, 0.15) is 18.4 Å². The Morgan fingerprint density at radius 2 is 2.20 bits per heavy atom. The lowest BCUT2D eigenvalue weighted by atomic mass is 10.00. The van der Waals surface area contributed by atoms with E-state index in [4.69, 9.17) is 0 Å². The minimum absolute atomic E-state index is 0.206. The molecular weight excluding hydrogens is 279 g/mol. The maximum absolute atomic E-state index is 13.8. The molecule has 0 amide bonds. The van der Waals surface area contributed by atoms with Crippen molar-refractivity contribution in [2.75, 3.05) is 26.7 Å². The number of hydrogen-bond acceptors (Lipinski definition) is 3. The summed E-state index contributed by atoms with van der Waals surface area (Å²) in [7, 11) is -1.88. The van der Waals surface area contributed by atoms with Crippen molar-refractivity contribution in [3.8, 4) is 0 Å². The summed E-state index contributed by atoms with van der Waals surface area (Å²) in [6.45, 7) is 3.47. The van der Waals surface area contributed by atoms with Crippen LogP contribution in [0.4, 0.5) is 4.39 Å². The van der Waals surface area contributed by atoms with E-state index in [2.05, 4.69) is 5.32 Å². The number of aryl methyl sites for hydroxylation is 1. The fourth-order valence-corrected chi connectivity index (χ4v) is 4.35. The second kappa shape index (κ2) is 6.20. The first-order valence-corrected chi connectivity index (χ1v) is 8.30. The van der Waals surface area contributed by atoms with Crippen LogP contribution in [0.3, 0.4) is 0 Å². The van der Waals surface area contributed by atoms with Crippen LogP contribution in [-0.4, -0.2) is 39.4 Å². The zero-order chi connectivity index (χ0) is 14.8. The van der Waals surface area contributed by atoms with E-state index in [0.29, 0.717) is 13.1 Å². The Bertz CT molecular complexity index is 573. The van der Waals surface area contributed by atoms with Gasteiger partial charge in [0.15, 0.2) is 0 Å². The molecule has 0 unspecified atom stereocenters. The Morgan fingerprint density at radius 3 is 2.90 bits per heavy atom. The van der Waals surface area contributed by atoms with E-state index in [1.807, 2.05) is 7.05 Å². The summed E-state index contributed by atoms with van der Waals surface area (Å²) in [6, 6.07) is 4.21. The van der Waals surface area contributed by atoms with Gasteiger partial charge in [-0.2, -0.15) is 4.31 Å². The summed E-state index contributed by atoms with van der Waals surface area (Å²) < 4.78 is 40.4. The molecule has 0 aliphatic carbocycles. The number of nitrogens with zero attached hydrogens (tertiary/aromatic N) is 1. The van der Waals surface area contributed by atoms with Gasteiger partial charge in [0.25, 0.3) is 0 Å². The van der Waals surface area contributed by atoms with Crippen LogP contribution in [0.25, 0.3) is 0 Å². The van der Waals surface area contributed by atoms with Crippen LogP contribution in [0.5, 0.6) is 0 Å². The Morgan fingerprint density at radius 1 is 1.45 bits per heavy atom. The van der Waals surface area contributed by atoms with E-state index in [9.17, 15) is 12.8 Å². The van der Waals surface area contributed by atoms with Crippen molar-refractivity contribution in [3.05, 3.63) is 29.6 Å². The van der Waals surface area contributed by atoms with Crippen molar-refractivity contribution in [2.24, 2.45) is 5.92 Å². The van der Waals surface area contributed by atoms with Crippen LogP contribution in [0.15, 0.2) is 23.1 Å². The topological polar surface area (TPSA) is 49.4 Å². The number of hydrogen-bond donors (Lipinski definition) is 1. The quantitative estimate of drug-likeness (QED) is 0.922. The molecule has 4 nitrogen and oxygen atoms in total. The fourth-order valence-electron chi connectivity index (χ4n) is 2.65. The van der Waals surface area contributed by atoms with Crippen LogP contribution in [0.2, 0.25) is 0 Å². The highest BCUT2D eigenvalue weighted by molar-refractivity contribution is 7.89. The summed E-state index contributed by atoms with van der Waals surface area (Å²) in [5.74, 6) is -0.386. The minimum Gasteiger partial charge on any atom is -0.319 e. The zero-order valence-corrected chi connectivity index (χ0v) is 12.7. The third-order valence-corrected chi connectivity index (χ3v) is 5.56. The van der Waals surface area contributed by atoms with Gasteiger partial charge in [0.05, 0.1) is 0 Å². The molecule has 0 spiro atoms. The standard InChI is InChI=1S/C14H21FN2O2S/c1-11-5-6-13(15)14(8-11)20(18,19)17-7-3-4-12(10-17)9-16-2/h5-6,8,12,16H,3-4,7,9-10H2,1-2H3/t12-/m0/s1. The first kappa shape index (κ1) is 15.4. The maximum Gasteiger partial charge on any atom is 0.246 e. The number of nitrogens with one attached hydrogen (secondary N) is 1.